The van der Waals surface area contributed by atoms with E-state index in [0.29, 0.717) is 28.7 Å². The van der Waals surface area contributed by atoms with Crippen molar-refractivity contribution in [1.82, 2.24) is 20.9 Å². The van der Waals surface area contributed by atoms with Crippen LogP contribution in [0.2, 0.25) is 0 Å². The van der Waals surface area contributed by atoms with Crippen LogP contribution in [0.1, 0.15) is 135 Å². The quantitative estimate of drug-likeness (QED) is 0.244. The maximum Gasteiger partial charge on any atom is 0.0606 e. The number of rotatable bonds is 4. The number of thioether (sulfide) groups is 3. The van der Waals surface area contributed by atoms with Crippen LogP contribution in [0, 0.1) is 29.6 Å². The number of aliphatic hydroxyl groups excluding tert-OH is 1. The molecule has 6 saturated carbocycles. The van der Waals surface area contributed by atoms with Gasteiger partial charge in [-0.3, -0.25) is 4.90 Å². The third kappa shape index (κ3) is 6.05. The zero-order valence-electron chi connectivity index (χ0n) is 28.9. The van der Waals surface area contributed by atoms with Crippen molar-refractivity contribution >= 4 is 35.3 Å². The number of nitrogens with zero attached hydrogens (tertiary/aromatic N) is 1. The zero-order chi connectivity index (χ0) is 31.1. The van der Waals surface area contributed by atoms with Crippen molar-refractivity contribution in [1.29, 1.82) is 0 Å². The van der Waals surface area contributed by atoms with E-state index < -0.39 is 0 Å². The Hall–Kier alpha value is 0.850. The summed E-state index contributed by atoms with van der Waals surface area (Å²) in [6, 6.07) is 4.45. The minimum atomic E-state index is -0.131. The van der Waals surface area contributed by atoms with Crippen molar-refractivity contribution in [2.75, 3.05) is 0 Å². The molecular weight excluding hydrogens is 637 g/mol. The highest BCUT2D eigenvalue weighted by Gasteiger charge is 2.58. The van der Waals surface area contributed by atoms with Gasteiger partial charge < -0.3 is 21.1 Å². The summed E-state index contributed by atoms with van der Waals surface area (Å²) in [7, 11) is 0. The number of hydrogen-bond donors (Lipinski definition) is 4. The smallest absolute Gasteiger partial charge is 0.0606 e. The van der Waals surface area contributed by atoms with Crippen molar-refractivity contribution in [3.8, 4) is 0 Å². The summed E-state index contributed by atoms with van der Waals surface area (Å²) >= 11 is 6.94. The van der Waals surface area contributed by atoms with Gasteiger partial charge in [0.25, 0.3) is 0 Å². The van der Waals surface area contributed by atoms with Gasteiger partial charge in [0.2, 0.25) is 0 Å². The first-order valence-corrected chi connectivity index (χ1v) is 23.7. The molecule has 16 atom stereocenters. The largest absolute Gasteiger partial charge is 0.393 e. The van der Waals surface area contributed by atoms with Crippen LogP contribution in [0.3, 0.4) is 0 Å². The minimum absolute atomic E-state index is 0.131. The van der Waals surface area contributed by atoms with E-state index in [2.05, 4.69) is 56.1 Å². The van der Waals surface area contributed by atoms with E-state index in [9.17, 15) is 5.11 Å². The maximum absolute atomic E-state index is 12.0. The lowest BCUT2D eigenvalue weighted by Crippen LogP contribution is -2.53. The summed E-state index contributed by atoms with van der Waals surface area (Å²) in [6.07, 6.45) is 29.2. The van der Waals surface area contributed by atoms with Gasteiger partial charge in [-0.05, 0) is 120 Å². The Balaban J connectivity index is 0.857. The molecule has 4 saturated heterocycles. The molecule has 10 aliphatic rings. The van der Waals surface area contributed by atoms with E-state index in [0.717, 1.165) is 75.4 Å². The van der Waals surface area contributed by atoms with Crippen molar-refractivity contribution in [2.45, 2.75) is 209 Å². The van der Waals surface area contributed by atoms with Crippen LogP contribution in [-0.2, 0) is 0 Å². The Morgan fingerprint density at radius 2 is 0.957 bits per heavy atom. The van der Waals surface area contributed by atoms with Gasteiger partial charge in [0.15, 0.2) is 0 Å². The second-order valence-corrected chi connectivity index (χ2v) is 22.4. The third-order valence-corrected chi connectivity index (χ3v) is 21.0. The van der Waals surface area contributed by atoms with Crippen LogP contribution in [0.4, 0.5) is 0 Å². The highest BCUT2D eigenvalue weighted by atomic mass is 32.2. The Bertz CT molecular complexity index is 1070. The standard InChI is InChI=1S/C39H64N4OS3/c44-33-21-32-26(20-27(33)39-42-30-9-3-6-12-36(30)47-39)25-19-23(38-41-29-8-2-5-11-35(29)46-38)15-18-31(25)43(32)24-16-13-22(14-17-24)37-40-28-7-1-4-10-34(28)45-37/h22-42,44H,1-21H2. The van der Waals surface area contributed by atoms with E-state index >= 15 is 0 Å². The minimum Gasteiger partial charge on any atom is -0.393 e. The van der Waals surface area contributed by atoms with Gasteiger partial charge in [0.05, 0.1) is 22.2 Å². The predicted molar refractivity (Wildman–Crippen MR) is 200 cm³/mol. The fourth-order valence-corrected chi connectivity index (χ4v) is 19.0. The maximum atomic E-state index is 12.0. The van der Waals surface area contributed by atoms with Gasteiger partial charge >= 0.3 is 0 Å². The van der Waals surface area contributed by atoms with Crippen molar-refractivity contribution in [2.24, 2.45) is 29.6 Å². The van der Waals surface area contributed by atoms with E-state index in [1.165, 1.54) is 128 Å². The molecule has 264 valence electrons. The Morgan fingerprint density at radius 3 is 1.57 bits per heavy atom. The van der Waals surface area contributed by atoms with E-state index in [1.807, 2.05) is 0 Å². The van der Waals surface area contributed by atoms with Crippen LogP contribution in [0.5, 0.6) is 0 Å². The number of hydrogen-bond acceptors (Lipinski definition) is 8. The second kappa shape index (κ2) is 13.7. The number of nitrogens with one attached hydrogen (secondary N) is 3. The van der Waals surface area contributed by atoms with Gasteiger partial charge in [-0.15, -0.1) is 35.3 Å². The summed E-state index contributed by atoms with van der Waals surface area (Å²) in [5.41, 5.74) is 0. The monoisotopic (exact) mass is 700 g/mol. The molecule has 16 unspecified atom stereocenters. The normalized spacial score (nSPS) is 56.4. The van der Waals surface area contributed by atoms with Gasteiger partial charge in [-0.2, -0.15) is 0 Å². The number of aliphatic hydroxyl groups is 1. The van der Waals surface area contributed by atoms with Gasteiger partial charge in [0, 0.05) is 57.9 Å². The van der Waals surface area contributed by atoms with Crippen molar-refractivity contribution in [3.63, 3.8) is 0 Å². The van der Waals surface area contributed by atoms with E-state index in [-0.39, 0.29) is 6.10 Å². The summed E-state index contributed by atoms with van der Waals surface area (Å²) in [6.45, 7) is 0. The molecule has 10 rings (SSSR count). The molecule has 47 heavy (non-hydrogen) atoms. The summed E-state index contributed by atoms with van der Waals surface area (Å²) in [5, 5.41) is 28.9. The SMILES string of the molecule is OC1CC2C(CC1C1NC3CCCCC3S1)C1CC(C3NC4CCCCC4S3)CCC1N2C1CCC(C2NC3CCCCC3S2)CC1. The lowest BCUT2D eigenvalue weighted by molar-refractivity contribution is -0.0125. The van der Waals surface area contributed by atoms with Gasteiger partial charge in [-0.1, -0.05) is 38.5 Å². The van der Waals surface area contributed by atoms with Gasteiger partial charge in [0.1, 0.15) is 0 Å². The van der Waals surface area contributed by atoms with Crippen LogP contribution in [-0.4, -0.2) is 84.2 Å². The Morgan fingerprint density at radius 1 is 0.447 bits per heavy atom. The van der Waals surface area contributed by atoms with Crippen LogP contribution >= 0.6 is 35.3 Å². The molecule has 10 fully saturated rings. The molecule has 8 heteroatoms. The highest BCUT2D eigenvalue weighted by Crippen LogP contribution is 2.57. The Labute approximate surface area is 298 Å². The molecule has 0 bridgehead atoms. The topological polar surface area (TPSA) is 59.6 Å². The lowest BCUT2D eigenvalue weighted by Gasteiger charge is -2.46. The summed E-state index contributed by atoms with van der Waals surface area (Å²) in [4.78, 5) is 3.15. The number of fused-ring (bicyclic) bond motifs is 6. The summed E-state index contributed by atoms with van der Waals surface area (Å²) < 4.78 is 0. The molecule has 4 heterocycles. The van der Waals surface area contributed by atoms with E-state index in [1.54, 1.807) is 0 Å². The molecule has 6 aliphatic carbocycles. The molecular formula is C39H64N4OS3. The molecule has 0 amide bonds. The van der Waals surface area contributed by atoms with Crippen LogP contribution < -0.4 is 16.0 Å². The Kier molecular flexibility index (Phi) is 9.46. The fraction of sp³-hybridized carbons (Fsp3) is 1.00. The van der Waals surface area contributed by atoms with Crippen molar-refractivity contribution in [3.05, 3.63) is 0 Å². The van der Waals surface area contributed by atoms with Crippen LogP contribution in [0.15, 0.2) is 0 Å². The predicted octanol–water partition coefficient (Wildman–Crippen LogP) is 7.32. The zero-order valence-corrected chi connectivity index (χ0v) is 31.3. The average molecular weight is 701 g/mol. The lowest BCUT2D eigenvalue weighted by atomic mass is 9.67. The molecule has 4 N–H and O–H groups in total. The first kappa shape index (κ1) is 32.5. The molecule has 0 spiro atoms. The number of likely N-dealkylation sites (tertiary alicyclic amines) is 1. The summed E-state index contributed by atoms with van der Waals surface area (Å²) in [5.74, 6) is 3.81. The molecule has 0 aromatic rings. The third-order valence-electron chi connectivity index (χ3n) is 15.8. The van der Waals surface area contributed by atoms with Crippen molar-refractivity contribution < 1.29 is 5.11 Å². The second-order valence-electron chi connectivity index (χ2n) is 18.2. The molecule has 5 nitrogen and oxygen atoms in total. The fourth-order valence-electron chi connectivity index (χ4n) is 13.6. The highest BCUT2D eigenvalue weighted by molar-refractivity contribution is 8.01. The molecule has 0 aromatic carbocycles. The first-order chi connectivity index (χ1) is 23.2. The average Bonchev–Trinajstić information content (AvgIpc) is 3.90. The van der Waals surface area contributed by atoms with E-state index in [4.69, 9.17) is 0 Å². The van der Waals surface area contributed by atoms with Crippen LogP contribution in [0.25, 0.3) is 0 Å². The molecule has 4 aliphatic heterocycles. The first-order valence-electron chi connectivity index (χ1n) is 20.9. The molecule has 0 aromatic heterocycles. The van der Waals surface area contributed by atoms with Gasteiger partial charge in [-0.25, -0.2) is 0 Å². The molecule has 0 radical (unpaired) electrons.